The van der Waals surface area contributed by atoms with Crippen LogP contribution in [0.2, 0.25) is 0 Å². The van der Waals surface area contributed by atoms with E-state index in [0.29, 0.717) is 5.92 Å². The Bertz CT molecular complexity index is 2780. The van der Waals surface area contributed by atoms with Gasteiger partial charge in [-0.25, -0.2) is 0 Å². The fourth-order valence-corrected chi connectivity index (χ4v) is 14.6. The van der Waals surface area contributed by atoms with E-state index in [2.05, 4.69) is 163 Å². The zero-order valence-corrected chi connectivity index (χ0v) is 31.6. The molecule has 0 amide bonds. The summed E-state index contributed by atoms with van der Waals surface area (Å²) in [7, 11) is 0. The lowest BCUT2D eigenvalue weighted by molar-refractivity contribution is -0.0399. The Kier molecular flexibility index (Phi) is 5.78. The molecule has 4 fully saturated rings. The second-order valence-electron chi connectivity index (χ2n) is 18.4. The van der Waals surface area contributed by atoms with E-state index in [1.165, 1.54) is 105 Å². The first kappa shape index (κ1) is 30.5. The van der Waals surface area contributed by atoms with Crippen LogP contribution < -0.4 is 4.90 Å². The minimum atomic E-state index is -0.205. The van der Waals surface area contributed by atoms with Crippen LogP contribution in [0.25, 0.3) is 33.4 Å². The van der Waals surface area contributed by atoms with Crippen molar-refractivity contribution >= 4 is 17.1 Å². The van der Waals surface area contributed by atoms with Crippen molar-refractivity contribution in [2.24, 2.45) is 23.7 Å². The molecule has 15 rings (SSSR count). The van der Waals surface area contributed by atoms with Crippen molar-refractivity contribution < 1.29 is 0 Å². The molecular formula is C55H43N. The van der Waals surface area contributed by atoms with Crippen LogP contribution in [0.15, 0.2) is 158 Å². The van der Waals surface area contributed by atoms with Gasteiger partial charge < -0.3 is 4.90 Å². The molecule has 0 radical (unpaired) electrons. The highest BCUT2D eigenvalue weighted by Crippen LogP contribution is 2.72. The van der Waals surface area contributed by atoms with Crippen molar-refractivity contribution in [1.29, 1.82) is 0 Å². The number of hydrogen-bond acceptors (Lipinski definition) is 1. The van der Waals surface area contributed by atoms with E-state index >= 15 is 0 Å². The van der Waals surface area contributed by atoms with E-state index in [0.717, 1.165) is 30.1 Å². The standard InChI is InChI=1S/C55H43N/c1-3-11-35(12-4-1)37-19-23-50-49(30-37)54-32-45(43-16-7-9-17-46(43)54)52-41(36-13-5-2-6-14-36)22-24-51(53(52)54)56(50)40-20-21-44-42-15-8-10-18-47(42)55(48(44)31-40)38-26-33-25-34(28-38)29-39(55)27-33/h1-24,30-31,33-34,38-39,45H,25-29,32H2. The van der Waals surface area contributed by atoms with Crippen LogP contribution in [-0.2, 0) is 10.8 Å². The third-order valence-electron chi connectivity index (χ3n) is 16.2. The molecule has 0 N–H and O–H groups in total. The summed E-state index contributed by atoms with van der Waals surface area (Å²) in [5, 5.41) is 0. The predicted molar refractivity (Wildman–Crippen MR) is 228 cm³/mol. The van der Waals surface area contributed by atoms with Crippen molar-refractivity contribution in [2.75, 3.05) is 4.90 Å². The van der Waals surface area contributed by atoms with Crippen LogP contribution >= 0.6 is 0 Å². The van der Waals surface area contributed by atoms with Gasteiger partial charge in [0.15, 0.2) is 0 Å². The minimum absolute atomic E-state index is 0.128. The average molecular weight is 718 g/mol. The Morgan fingerprint density at radius 1 is 0.446 bits per heavy atom. The van der Waals surface area contributed by atoms with Crippen LogP contribution in [-0.4, -0.2) is 0 Å². The highest BCUT2D eigenvalue weighted by atomic mass is 15.2. The second-order valence-corrected chi connectivity index (χ2v) is 18.4. The summed E-state index contributed by atoms with van der Waals surface area (Å²) in [6.07, 6.45) is 8.17. The summed E-state index contributed by atoms with van der Waals surface area (Å²) in [6.45, 7) is 0. The Labute approximate surface area is 329 Å². The van der Waals surface area contributed by atoms with Gasteiger partial charge in [0, 0.05) is 17.0 Å². The normalized spacial score (nSPS) is 28.6. The van der Waals surface area contributed by atoms with Crippen molar-refractivity contribution in [3.8, 4) is 33.4 Å². The molecule has 1 heterocycles. The van der Waals surface area contributed by atoms with Gasteiger partial charge in [0.2, 0.25) is 0 Å². The van der Waals surface area contributed by atoms with Crippen molar-refractivity contribution in [1.82, 2.24) is 0 Å². The molecule has 1 nitrogen and oxygen atoms in total. The van der Waals surface area contributed by atoms with E-state index in [-0.39, 0.29) is 10.8 Å². The monoisotopic (exact) mass is 717 g/mol. The topological polar surface area (TPSA) is 3.24 Å². The molecule has 7 aromatic carbocycles. The molecule has 7 aliphatic carbocycles. The average Bonchev–Trinajstić information content (AvgIpc) is 3.89. The van der Waals surface area contributed by atoms with Crippen LogP contribution in [0.1, 0.15) is 83.4 Å². The predicted octanol–water partition coefficient (Wildman–Crippen LogP) is 13.7. The van der Waals surface area contributed by atoms with Crippen molar-refractivity contribution in [2.45, 2.75) is 55.3 Å². The first-order chi connectivity index (χ1) is 27.7. The highest BCUT2D eigenvalue weighted by Gasteiger charge is 2.62. The number of nitrogens with zero attached hydrogens (tertiary/aromatic N) is 1. The number of benzene rings is 7. The van der Waals surface area contributed by atoms with E-state index in [9.17, 15) is 0 Å². The minimum Gasteiger partial charge on any atom is -0.310 e. The zero-order chi connectivity index (χ0) is 36.3. The van der Waals surface area contributed by atoms with E-state index in [4.69, 9.17) is 0 Å². The van der Waals surface area contributed by atoms with E-state index in [1.54, 1.807) is 16.7 Å². The van der Waals surface area contributed by atoms with Crippen molar-refractivity contribution in [3.63, 3.8) is 0 Å². The molecule has 268 valence electrons. The number of hydrogen-bond donors (Lipinski definition) is 0. The van der Waals surface area contributed by atoms with Gasteiger partial charge in [-0.05, 0) is 165 Å². The summed E-state index contributed by atoms with van der Waals surface area (Å²) < 4.78 is 0. The first-order valence-corrected chi connectivity index (χ1v) is 21.3. The van der Waals surface area contributed by atoms with Gasteiger partial charge >= 0.3 is 0 Å². The van der Waals surface area contributed by atoms with Crippen LogP contribution in [0.5, 0.6) is 0 Å². The Hall–Kier alpha value is -5.66. The molecule has 2 spiro atoms. The summed E-state index contributed by atoms with van der Waals surface area (Å²) in [5.41, 5.74) is 23.0. The lowest BCUT2D eigenvalue weighted by atomic mass is 9.43. The van der Waals surface area contributed by atoms with Gasteiger partial charge in [0.25, 0.3) is 0 Å². The van der Waals surface area contributed by atoms with E-state index in [1.807, 2.05) is 0 Å². The largest absolute Gasteiger partial charge is 0.310 e. The summed E-state index contributed by atoms with van der Waals surface area (Å²) >= 11 is 0. The number of fused-ring (bicyclic) bond motifs is 8. The fraction of sp³-hybridized carbons (Fsp3) is 0.236. The smallest absolute Gasteiger partial charge is 0.0509 e. The maximum Gasteiger partial charge on any atom is 0.0509 e. The Morgan fingerprint density at radius 3 is 1.88 bits per heavy atom. The molecule has 1 aliphatic heterocycles. The van der Waals surface area contributed by atoms with Gasteiger partial charge in [-0.2, -0.15) is 0 Å². The van der Waals surface area contributed by atoms with Gasteiger partial charge in [-0.15, -0.1) is 0 Å². The summed E-state index contributed by atoms with van der Waals surface area (Å²) in [5.74, 6) is 3.69. The molecule has 0 aromatic heterocycles. The lowest BCUT2D eigenvalue weighted by Crippen LogP contribution is -2.55. The molecule has 56 heavy (non-hydrogen) atoms. The molecule has 6 bridgehead atoms. The molecule has 2 unspecified atom stereocenters. The van der Waals surface area contributed by atoms with Crippen molar-refractivity contribution in [3.05, 3.63) is 197 Å². The molecule has 2 atom stereocenters. The molecule has 1 heteroatoms. The van der Waals surface area contributed by atoms with Gasteiger partial charge in [-0.1, -0.05) is 127 Å². The summed E-state index contributed by atoms with van der Waals surface area (Å²) in [6, 6.07) is 61.3. The van der Waals surface area contributed by atoms with Gasteiger partial charge in [-0.3, -0.25) is 0 Å². The number of rotatable bonds is 3. The molecule has 8 aliphatic rings. The molecule has 4 saturated carbocycles. The Morgan fingerprint density at radius 2 is 1.09 bits per heavy atom. The Balaban J connectivity index is 1.05. The third kappa shape index (κ3) is 3.56. The second kappa shape index (κ2) is 10.6. The fourth-order valence-electron chi connectivity index (χ4n) is 14.6. The van der Waals surface area contributed by atoms with E-state index < -0.39 is 0 Å². The van der Waals surface area contributed by atoms with Gasteiger partial charge in [0.1, 0.15) is 0 Å². The van der Waals surface area contributed by atoms with Gasteiger partial charge in [0.05, 0.1) is 16.8 Å². The molecule has 7 aromatic rings. The third-order valence-corrected chi connectivity index (χ3v) is 16.2. The SMILES string of the molecule is c1ccc(-c2ccc3c(c2)C24CC(c5ccccc52)c2c(-c5ccccc5)ccc(c24)N3c2ccc3c(c2)C2(c4ccccc4-3)C3CC4CC(C3)CC2C4)cc1. The lowest BCUT2D eigenvalue weighted by Gasteiger charge is -2.61. The molecule has 0 saturated heterocycles. The quantitative estimate of drug-likeness (QED) is 0.176. The van der Waals surface area contributed by atoms with Crippen LogP contribution in [0.4, 0.5) is 17.1 Å². The molecular weight excluding hydrogens is 675 g/mol. The van der Waals surface area contributed by atoms with Crippen LogP contribution in [0.3, 0.4) is 0 Å². The first-order valence-electron chi connectivity index (χ1n) is 21.3. The maximum absolute atomic E-state index is 2.70. The zero-order valence-electron chi connectivity index (χ0n) is 31.6. The summed E-state index contributed by atoms with van der Waals surface area (Å²) in [4.78, 5) is 2.69. The number of anilines is 3. The maximum atomic E-state index is 2.70. The highest BCUT2D eigenvalue weighted by molar-refractivity contribution is 5.96. The van der Waals surface area contributed by atoms with Crippen LogP contribution in [0, 0.1) is 23.7 Å².